The van der Waals surface area contributed by atoms with Gasteiger partial charge in [0.2, 0.25) is 0 Å². The largest absolute Gasteiger partial charge is 0.478 e. The van der Waals surface area contributed by atoms with Gasteiger partial charge in [0, 0.05) is 12.6 Å². The zero-order valence-corrected chi connectivity index (χ0v) is 13.8. The van der Waals surface area contributed by atoms with Gasteiger partial charge in [0.05, 0.1) is 21.3 Å². The number of carbonyl (C=O) groups is 2. The second kappa shape index (κ2) is 6.54. The SMILES string of the molecule is CCC(C)(C)N(C)C(=O)Nc1c(Cl)cc(C(=O)O)cc1Cl. The number of hydrogen-bond donors (Lipinski definition) is 2. The van der Waals surface area contributed by atoms with Crippen LogP contribution in [0.15, 0.2) is 12.1 Å². The van der Waals surface area contributed by atoms with Gasteiger partial charge in [0.15, 0.2) is 0 Å². The summed E-state index contributed by atoms with van der Waals surface area (Å²) in [4.78, 5) is 24.7. The van der Waals surface area contributed by atoms with Crippen molar-refractivity contribution in [2.24, 2.45) is 0 Å². The number of nitrogens with zero attached hydrogens (tertiary/aromatic N) is 1. The van der Waals surface area contributed by atoms with E-state index >= 15 is 0 Å². The van der Waals surface area contributed by atoms with Crippen molar-refractivity contribution in [3.8, 4) is 0 Å². The minimum absolute atomic E-state index is 0.0368. The van der Waals surface area contributed by atoms with Crippen LogP contribution in [-0.4, -0.2) is 34.6 Å². The Labute approximate surface area is 133 Å². The van der Waals surface area contributed by atoms with Gasteiger partial charge in [-0.05, 0) is 32.4 Å². The molecule has 21 heavy (non-hydrogen) atoms. The molecule has 2 amide bonds. The highest BCUT2D eigenvalue weighted by molar-refractivity contribution is 6.40. The molecule has 0 radical (unpaired) electrons. The summed E-state index contributed by atoms with van der Waals surface area (Å²) >= 11 is 12.0. The maximum absolute atomic E-state index is 12.2. The minimum atomic E-state index is -1.14. The zero-order chi connectivity index (χ0) is 16.4. The Kier molecular flexibility index (Phi) is 5.48. The number of rotatable bonds is 4. The fraction of sp³-hybridized carbons (Fsp3) is 0.429. The number of carboxylic acids is 1. The average Bonchev–Trinajstić information content (AvgIpc) is 2.41. The quantitative estimate of drug-likeness (QED) is 0.861. The third-order valence-electron chi connectivity index (χ3n) is 3.60. The van der Waals surface area contributed by atoms with Crippen LogP contribution >= 0.6 is 23.2 Å². The van der Waals surface area contributed by atoms with Gasteiger partial charge in [0.25, 0.3) is 0 Å². The third kappa shape index (κ3) is 4.02. The van der Waals surface area contributed by atoms with E-state index in [-0.39, 0.29) is 32.9 Å². The summed E-state index contributed by atoms with van der Waals surface area (Å²) in [5.41, 5.74) is -0.165. The second-order valence-corrected chi connectivity index (χ2v) is 6.09. The van der Waals surface area contributed by atoms with E-state index in [2.05, 4.69) is 5.32 Å². The topological polar surface area (TPSA) is 69.6 Å². The van der Waals surface area contributed by atoms with Crippen molar-refractivity contribution in [1.82, 2.24) is 4.90 Å². The van der Waals surface area contributed by atoms with Crippen LogP contribution in [-0.2, 0) is 0 Å². The summed E-state index contributed by atoms with van der Waals surface area (Å²) in [5.74, 6) is -1.14. The molecule has 0 atom stereocenters. The smallest absolute Gasteiger partial charge is 0.335 e. The van der Waals surface area contributed by atoms with E-state index in [9.17, 15) is 9.59 Å². The van der Waals surface area contributed by atoms with E-state index in [4.69, 9.17) is 28.3 Å². The summed E-state index contributed by atoms with van der Waals surface area (Å²) in [5, 5.41) is 11.7. The third-order valence-corrected chi connectivity index (χ3v) is 4.20. The maximum atomic E-state index is 12.2. The number of carbonyl (C=O) groups excluding carboxylic acids is 1. The standard InChI is InChI=1S/C14H18Cl2N2O3/c1-5-14(2,3)18(4)13(21)17-11-9(15)6-8(12(19)20)7-10(11)16/h6-7H,5H2,1-4H3,(H,17,21)(H,19,20). The molecule has 0 saturated heterocycles. The predicted molar refractivity (Wildman–Crippen MR) is 84.6 cm³/mol. The second-order valence-electron chi connectivity index (χ2n) is 5.28. The maximum Gasteiger partial charge on any atom is 0.335 e. The van der Waals surface area contributed by atoms with Gasteiger partial charge in [-0.1, -0.05) is 30.1 Å². The molecule has 116 valence electrons. The molecule has 2 N–H and O–H groups in total. The number of halogens is 2. The Morgan fingerprint density at radius 2 is 1.76 bits per heavy atom. The lowest BCUT2D eigenvalue weighted by molar-refractivity contribution is 0.0697. The number of hydrogen-bond acceptors (Lipinski definition) is 2. The Bertz CT molecular complexity index is 550. The first kappa shape index (κ1) is 17.6. The number of carboxylic acid groups (broad SMARTS) is 1. The van der Waals surface area contributed by atoms with Crippen molar-refractivity contribution < 1.29 is 14.7 Å². The molecule has 0 aliphatic carbocycles. The van der Waals surface area contributed by atoms with Crippen LogP contribution in [0.1, 0.15) is 37.6 Å². The lowest BCUT2D eigenvalue weighted by atomic mass is 10.0. The number of urea groups is 1. The summed E-state index contributed by atoms with van der Waals surface area (Å²) in [6.45, 7) is 5.85. The fourth-order valence-corrected chi connectivity index (χ4v) is 2.10. The van der Waals surface area contributed by atoms with E-state index in [1.54, 1.807) is 11.9 Å². The van der Waals surface area contributed by atoms with Crippen LogP contribution in [0.5, 0.6) is 0 Å². The van der Waals surface area contributed by atoms with Gasteiger partial charge in [-0.3, -0.25) is 0 Å². The average molecular weight is 333 g/mol. The fourth-order valence-electron chi connectivity index (χ4n) is 1.52. The Balaban J connectivity index is 3.04. The van der Waals surface area contributed by atoms with Crippen molar-refractivity contribution in [2.75, 3.05) is 12.4 Å². The molecule has 0 bridgehead atoms. The van der Waals surface area contributed by atoms with Gasteiger partial charge < -0.3 is 15.3 Å². The molecule has 0 spiro atoms. The molecule has 0 aliphatic rings. The van der Waals surface area contributed by atoms with Crippen molar-refractivity contribution >= 4 is 40.9 Å². The molecule has 0 aliphatic heterocycles. The Hall–Kier alpha value is -1.46. The van der Waals surface area contributed by atoms with Gasteiger partial charge in [-0.25, -0.2) is 9.59 Å². The monoisotopic (exact) mass is 332 g/mol. The van der Waals surface area contributed by atoms with Crippen molar-refractivity contribution in [3.63, 3.8) is 0 Å². The number of anilines is 1. The molecule has 0 saturated carbocycles. The van der Waals surface area contributed by atoms with E-state index in [1.807, 2.05) is 20.8 Å². The molecule has 5 nitrogen and oxygen atoms in total. The van der Waals surface area contributed by atoms with Gasteiger partial charge in [-0.2, -0.15) is 0 Å². The zero-order valence-electron chi connectivity index (χ0n) is 12.3. The van der Waals surface area contributed by atoms with Gasteiger partial charge in [0.1, 0.15) is 0 Å². The van der Waals surface area contributed by atoms with Crippen molar-refractivity contribution in [2.45, 2.75) is 32.7 Å². The molecule has 0 fully saturated rings. The molecule has 1 rings (SSSR count). The first-order valence-corrected chi connectivity index (χ1v) is 7.13. The number of nitrogens with one attached hydrogen (secondary N) is 1. The molecule has 0 aromatic heterocycles. The van der Waals surface area contributed by atoms with Crippen LogP contribution in [0.4, 0.5) is 10.5 Å². The molecular formula is C14H18Cl2N2O3. The molecular weight excluding hydrogens is 315 g/mol. The van der Waals surface area contributed by atoms with Crippen molar-refractivity contribution in [3.05, 3.63) is 27.7 Å². The predicted octanol–water partition coefficient (Wildman–Crippen LogP) is 4.34. The number of benzene rings is 1. The van der Waals surface area contributed by atoms with Crippen LogP contribution in [0.25, 0.3) is 0 Å². The summed E-state index contributed by atoms with van der Waals surface area (Å²) in [7, 11) is 1.67. The normalized spacial score (nSPS) is 11.1. The number of aromatic carboxylic acids is 1. The lowest BCUT2D eigenvalue weighted by Crippen LogP contribution is -2.46. The first-order chi connectivity index (χ1) is 9.60. The van der Waals surface area contributed by atoms with Crippen LogP contribution in [0, 0.1) is 0 Å². The van der Waals surface area contributed by atoms with E-state index in [1.165, 1.54) is 12.1 Å². The number of amides is 2. The Morgan fingerprint density at radius 3 is 2.14 bits per heavy atom. The molecule has 0 unspecified atom stereocenters. The summed E-state index contributed by atoms with van der Waals surface area (Å²) in [6.07, 6.45) is 0.774. The van der Waals surface area contributed by atoms with Crippen LogP contribution in [0.3, 0.4) is 0 Å². The molecule has 1 aromatic rings. The Morgan fingerprint density at radius 1 is 1.29 bits per heavy atom. The highest BCUT2D eigenvalue weighted by Crippen LogP contribution is 2.32. The minimum Gasteiger partial charge on any atom is -0.478 e. The lowest BCUT2D eigenvalue weighted by Gasteiger charge is -2.34. The summed E-state index contributed by atoms with van der Waals surface area (Å²) < 4.78 is 0. The first-order valence-electron chi connectivity index (χ1n) is 6.37. The van der Waals surface area contributed by atoms with Gasteiger partial charge >= 0.3 is 12.0 Å². The highest BCUT2D eigenvalue weighted by atomic mass is 35.5. The highest BCUT2D eigenvalue weighted by Gasteiger charge is 2.26. The summed E-state index contributed by atoms with van der Waals surface area (Å²) in [6, 6.07) is 2.13. The van der Waals surface area contributed by atoms with Crippen LogP contribution < -0.4 is 5.32 Å². The van der Waals surface area contributed by atoms with E-state index < -0.39 is 5.97 Å². The van der Waals surface area contributed by atoms with Gasteiger partial charge in [-0.15, -0.1) is 0 Å². The molecule has 1 aromatic carbocycles. The van der Waals surface area contributed by atoms with E-state index in [0.29, 0.717) is 0 Å². The molecule has 7 heteroatoms. The molecule has 0 heterocycles. The van der Waals surface area contributed by atoms with E-state index in [0.717, 1.165) is 6.42 Å². The van der Waals surface area contributed by atoms with Crippen molar-refractivity contribution in [1.29, 1.82) is 0 Å². The van der Waals surface area contributed by atoms with Crippen LogP contribution in [0.2, 0.25) is 10.0 Å².